The molecular formula is C15H20N2O4. The molecule has 114 valence electrons. The van der Waals surface area contributed by atoms with Crippen LogP contribution in [0.2, 0.25) is 0 Å². The molecule has 6 nitrogen and oxygen atoms in total. The highest BCUT2D eigenvalue weighted by Crippen LogP contribution is 2.34. The second-order valence-corrected chi connectivity index (χ2v) is 6.56. The molecule has 1 aromatic carbocycles. The third kappa shape index (κ3) is 3.15. The lowest BCUT2D eigenvalue weighted by atomic mass is 9.80. The Hall–Kier alpha value is -2.11. The molecule has 0 aromatic heterocycles. The van der Waals surface area contributed by atoms with Crippen LogP contribution in [-0.2, 0) is 0 Å². The summed E-state index contributed by atoms with van der Waals surface area (Å²) in [5, 5.41) is 20.3. The van der Waals surface area contributed by atoms with Gasteiger partial charge in [-0.25, -0.2) is 0 Å². The van der Waals surface area contributed by atoms with Crippen LogP contribution >= 0.6 is 0 Å². The predicted molar refractivity (Wildman–Crippen MR) is 78.2 cm³/mol. The fourth-order valence-electron chi connectivity index (χ4n) is 2.65. The van der Waals surface area contributed by atoms with E-state index in [4.69, 9.17) is 0 Å². The zero-order chi connectivity index (χ0) is 15.8. The number of hydrogen-bond acceptors (Lipinski definition) is 4. The van der Waals surface area contributed by atoms with Crippen LogP contribution in [0.25, 0.3) is 0 Å². The van der Waals surface area contributed by atoms with Crippen LogP contribution in [0.1, 0.15) is 37.6 Å². The number of likely N-dealkylation sites (tertiary alicyclic amines) is 1. The van der Waals surface area contributed by atoms with Crippen LogP contribution < -0.4 is 0 Å². The van der Waals surface area contributed by atoms with Gasteiger partial charge in [0.15, 0.2) is 5.75 Å². The minimum absolute atomic E-state index is 0.145. The molecule has 1 amide bonds. The summed E-state index contributed by atoms with van der Waals surface area (Å²) >= 11 is 0. The number of nitrogens with zero attached hydrogens (tertiary/aromatic N) is 2. The van der Waals surface area contributed by atoms with Crippen LogP contribution in [0.3, 0.4) is 0 Å². The Balaban J connectivity index is 2.15. The van der Waals surface area contributed by atoms with Crippen molar-refractivity contribution < 1.29 is 14.8 Å². The summed E-state index contributed by atoms with van der Waals surface area (Å²) in [6.07, 6.45) is 0.953. The molecule has 1 atom stereocenters. The fourth-order valence-corrected chi connectivity index (χ4v) is 2.65. The van der Waals surface area contributed by atoms with E-state index in [0.29, 0.717) is 19.0 Å². The van der Waals surface area contributed by atoms with Crippen LogP contribution in [0.4, 0.5) is 5.69 Å². The van der Waals surface area contributed by atoms with Crippen LogP contribution in [0.15, 0.2) is 18.2 Å². The van der Waals surface area contributed by atoms with Gasteiger partial charge in [0.25, 0.3) is 5.91 Å². The van der Waals surface area contributed by atoms with E-state index in [9.17, 15) is 20.0 Å². The van der Waals surface area contributed by atoms with Crippen LogP contribution in [0, 0.1) is 21.4 Å². The van der Waals surface area contributed by atoms with Crippen molar-refractivity contribution in [3.63, 3.8) is 0 Å². The summed E-state index contributed by atoms with van der Waals surface area (Å²) < 4.78 is 0. The standard InChI is InChI=1S/C15H20N2O4/c1-15(2,3)11-6-7-16(9-11)14(19)10-4-5-12(17(20)21)13(18)8-10/h4-5,8,11,18H,6-7,9H2,1-3H3. The number of rotatable bonds is 2. The first-order chi connectivity index (χ1) is 9.70. The number of benzene rings is 1. The second-order valence-electron chi connectivity index (χ2n) is 6.56. The lowest BCUT2D eigenvalue weighted by molar-refractivity contribution is -0.385. The number of nitro groups is 1. The number of carbonyl (C=O) groups is 1. The van der Waals surface area contributed by atoms with Gasteiger partial charge in [-0.2, -0.15) is 0 Å². The molecule has 0 spiro atoms. The van der Waals surface area contributed by atoms with Gasteiger partial charge in [0.05, 0.1) is 4.92 Å². The second kappa shape index (κ2) is 5.35. The average molecular weight is 292 g/mol. The summed E-state index contributed by atoms with van der Waals surface area (Å²) in [6, 6.07) is 3.73. The van der Waals surface area contributed by atoms with E-state index in [-0.39, 0.29) is 22.6 Å². The molecule has 0 radical (unpaired) electrons. The normalized spacial score (nSPS) is 18.8. The van der Waals surface area contributed by atoms with Crippen molar-refractivity contribution in [2.24, 2.45) is 11.3 Å². The number of aromatic hydroxyl groups is 1. The quantitative estimate of drug-likeness (QED) is 0.671. The van der Waals surface area contributed by atoms with E-state index in [2.05, 4.69) is 20.8 Å². The van der Waals surface area contributed by atoms with E-state index in [1.54, 1.807) is 4.90 Å². The van der Waals surface area contributed by atoms with Gasteiger partial charge in [0, 0.05) is 24.7 Å². The van der Waals surface area contributed by atoms with Crippen molar-refractivity contribution in [1.82, 2.24) is 4.90 Å². The van der Waals surface area contributed by atoms with Crippen molar-refractivity contribution in [3.8, 4) is 5.75 Å². The molecule has 0 bridgehead atoms. The fraction of sp³-hybridized carbons (Fsp3) is 0.533. The first-order valence-electron chi connectivity index (χ1n) is 6.97. The van der Waals surface area contributed by atoms with E-state index in [1.807, 2.05) is 0 Å². The maximum Gasteiger partial charge on any atom is 0.310 e. The average Bonchev–Trinajstić information content (AvgIpc) is 2.86. The molecule has 1 aromatic rings. The molecular weight excluding hydrogens is 272 g/mol. The molecule has 1 aliphatic heterocycles. The summed E-state index contributed by atoms with van der Waals surface area (Å²) in [7, 11) is 0. The van der Waals surface area contributed by atoms with Gasteiger partial charge in [0.2, 0.25) is 0 Å². The Kier molecular flexibility index (Phi) is 3.89. The van der Waals surface area contributed by atoms with E-state index < -0.39 is 10.7 Å². The van der Waals surface area contributed by atoms with Crippen molar-refractivity contribution in [2.75, 3.05) is 13.1 Å². The molecule has 1 aliphatic rings. The maximum absolute atomic E-state index is 12.4. The van der Waals surface area contributed by atoms with Gasteiger partial charge in [-0.15, -0.1) is 0 Å². The topological polar surface area (TPSA) is 83.7 Å². The Bertz CT molecular complexity index is 578. The van der Waals surface area contributed by atoms with Gasteiger partial charge >= 0.3 is 5.69 Å². The van der Waals surface area contributed by atoms with Crippen molar-refractivity contribution in [3.05, 3.63) is 33.9 Å². The van der Waals surface area contributed by atoms with Crippen molar-refractivity contribution in [1.29, 1.82) is 0 Å². The van der Waals surface area contributed by atoms with E-state index >= 15 is 0 Å². The van der Waals surface area contributed by atoms with E-state index in [1.165, 1.54) is 18.2 Å². The maximum atomic E-state index is 12.4. The summed E-state index contributed by atoms with van der Waals surface area (Å²) in [5.74, 6) is -0.225. The first-order valence-corrected chi connectivity index (χ1v) is 6.97. The summed E-state index contributed by atoms with van der Waals surface area (Å²) in [4.78, 5) is 24.1. The molecule has 2 rings (SSSR count). The lowest BCUT2D eigenvalue weighted by Crippen LogP contribution is -2.31. The Morgan fingerprint density at radius 3 is 2.57 bits per heavy atom. The molecule has 1 fully saturated rings. The molecule has 1 N–H and O–H groups in total. The van der Waals surface area contributed by atoms with Gasteiger partial charge in [-0.1, -0.05) is 20.8 Å². The molecule has 1 saturated heterocycles. The summed E-state index contributed by atoms with van der Waals surface area (Å²) in [5.41, 5.74) is 0.0420. The van der Waals surface area contributed by atoms with Gasteiger partial charge in [-0.3, -0.25) is 14.9 Å². The summed E-state index contributed by atoms with van der Waals surface area (Å²) in [6.45, 7) is 7.83. The Morgan fingerprint density at radius 2 is 2.10 bits per heavy atom. The number of phenolic OH excluding ortho intramolecular Hbond substituents is 1. The lowest BCUT2D eigenvalue weighted by Gasteiger charge is -2.27. The minimum atomic E-state index is -0.672. The molecule has 0 aliphatic carbocycles. The number of phenols is 1. The largest absolute Gasteiger partial charge is 0.502 e. The van der Waals surface area contributed by atoms with Crippen molar-refractivity contribution in [2.45, 2.75) is 27.2 Å². The van der Waals surface area contributed by atoms with Gasteiger partial charge in [0.1, 0.15) is 0 Å². The smallest absolute Gasteiger partial charge is 0.310 e. The predicted octanol–water partition coefficient (Wildman–Crippen LogP) is 2.81. The van der Waals surface area contributed by atoms with Crippen LogP contribution in [-0.4, -0.2) is 33.9 Å². The zero-order valence-corrected chi connectivity index (χ0v) is 12.5. The minimum Gasteiger partial charge on any atom is -0.502 e. The molecule has 1 unspecified atom stereocenters. The zero-order valence-electron chi connectivity index (χ0n) is 12.5. The molecule has 6 heteroatoms. The number of carbonyl (C=O) groups excluding carboxylic acids is 1. The SMILES string of the molecule is CC(C)(C)C1CCN(C(=O)c2ccc([N+](=O)[O-])c(O)c2)C1. The number of nitro benzene ring substituents is 1. The highest BCUT2D eigenvalue weighted by atomic mass is 16.6. The highest BCUT2D eigenvalue weighted by Gasteiger charge is 2.34. The molecule has 0 saturated carbocycles. The van der Waals surface area contributed by atoms with Crippen molar-refractivity contribution >= 4 is 11.6 Å². The monoisotopic (exact) mass is 292 g/mol. The Morgan fingerprint density at radius 1 is 1.43 bits per heavy atom. The highest BCUT2D eigenvalue weighted by molar-refractivity contribution is 5.95. The van der Waals surface area contributed by atoms with Crippen LogP contribution in [0.5, 0.6) is 5.75 Å². The van der Waals surface area contributed by atoms with Gasteiger partial charge < -0.3 is 10.0 Å². The van der Waals surface area contributed by atoms with Gasteiger partial charge in [-0.05, 0) is 29.9 Å². The number of amides is 1. The van der Waals surface area contributed by atoms with E-state index in [0.717, 1.165) is 6.42 Å². The third-order valence-electron chi connectivity index (χ3n) is 4.12. The molecule has 1 heterocycles. The number of hydrogen-bond donors (Lipinski definition) is 1. The third-order valence-corrected chi connectivity index (χ3v) is 4.12. The Labute approximate surface area is 123 Å². The first kappa shape index (κ1) is 15.3. The molecule has 21 heavy (non-hydrogen) atoms.